The number of rotatable bonds is 6. The van der Waals surface area contributed by atoms with E-state index in [2.05, 4.69) is 16.0 Å². The topological polar surface area (TPSA) is 101 Å². The summed E-state index contributed by atoms with van der Waals surface area (Å²) in [6.45, 7) is 2.72. The highest BCUT2D eigenvalue weighted by atomic mass is 32.2. The van der Waals surface area contributed by atoms with E-state index in [1.54, 1.807) is 10.9 Å². The van der Waals surface area contributed by atoms with E-state index in [9.17, 15) is 26.9 Å². The number of nitrogens with one attached hydrogen (secondary N) is 1. The Morgan fingerprint density at radius 2 is 2.00 bits per heavy atom. The van der Waals surface area contributed by atoms with Crippen molar-refractivity contribution in [1.29, 1.82) is 5.26 Å². The van der Waals surface area contributed by atoms with E-state index in [4.69, 9.17) is 0 Å². The Balaban J connectivity index is 1.80. The molecule has 0 unspecified atom stereocenters. The minimum Gasteiger partial charge on any atom is -0.320 e. The second-order valence-corrected chi connectivity index (χ2v) is 9.84. The van der Waals surface area contributed by atoms with Crippen molar-refractivity contribution in [3.8, 4) is 17.5 Å². The monoisotopic (exact) mass is 477 g/mol. The molecule has 0 aliphatic heterocycles. The largest absolute Gasteiger partial charge is 0.404 e. The van der Waals surface area contributed by atoms with Gasteiger partial charge in [-0.1, -0.05) is 6.92 Å². The van der Waals surface area contributed by atoms with Gasteiger partial charge in [-0.15, -0.1) is 0 Å². The Bertz CT molecular complexity index is 1340. The number of hydrogen-bond acceptors (Lipinski definition) is 5. The minimum atomic E-state index is -4.71. The fourth-order valence-electron chi connectivity index (χ4n) is 3.84. The lowest BCUT2D eigenvalue weighted by atomic mass is 9.92. The molecular formula is C22H22F3N5O2S. The molecule has 3 heterocycles. The third-order valence-corrected chi connectivity index (χ3v) is 7.50. The molecule has 11 heteroatoms. The summed E-state index contributed by atoms with van der Waals surface area (Å²) in [5, 5.41) is 10.7. The van der Waals surface area contributed by atoms with Crippen LogP contribution in [-0.4, -0.2) is 35.2 Å². The molecule has 0 amide bonds. The molecule has 1 aliphatic carbocycles. The molecule has 7 nitrogen and oxygen atoms in total. The average Bonchev–Trinajstić information content (AvgIpc) is 3.04. The first-order valence-corrected chi connectivity index (χ1v) is 12.0. The molecule has 0 spiro atoms. The SMILES string of the molecule is CCc1cnc2c(c1)c(C#N)c(-c1ccc(S(=O)(=O)N[C@@H](C)C(F)(F)F)cn1)n2C1CCC1. The Morgan fingerprint density at radius 3 is 2.52 bits per heavy atom. The van der Waals surface area contributed by atoms with Crippen LogP contribution in [0.5, 0.6) is 0 Å². The Kier molecular flexibility index (Phi) is 5.92. The molecule has 0 bridgehead atoms. The average molecular weight is 478 g/mol. The van der Waals surface area contributed by atoms with E-state index in [-0.39, 0.29) is 6.04 Å². The number of nitriles is 1. The van der Waals surface area contributed by atoms with Gasteiger partial charge in [-0.2, -0.15) is 23.2 Å². The molecule has 1 saturated carbocycles. The molecule has 1 N–H and O–H groups in total. The lowest BCUT2D eigenvalue weighted by Crippen LogP contribution is -2.42. The van der Waals surface area contributed by atoms with Gasteiger partial charge in [-0.25, -0.2) is 13.4 Å². The van der Waals surface area contributed by atoms with Crippen molar-refractivity contribution in [3.05, 3.63) is 41.7 Å². The molecule has 1 fully saturated rings. The first-order valence-electron chi connectivity index (χ1n) is 10.5. The molecule has 0 saturated heterocycles. The van der Waals surface area contributed by atoms with Crippen molar-refractivity contribution in [2.45, 2.75) is 62.7 Å². The van der Waals surface area contributed by atoms with Gasteiger partial charge >= 0.3 is 6.18 Å². The number of aryl methyl sites for hydroxylation is 1. The molecule has 3 aromatic rings. The van der Waals surface area contributed by atoms with Crippen molar-refractivity contribution in [1.82, 2.24) is 19.3 Å². The molecule has 1 atom stereocenters. The van der Waals surface area contributed by atoms with E-state index in [0.29, 0.717) is 28.0 Å². The highest BCUT2D eigenvalue weighted by Crippen LogP contribution is 2.41. The van der Waals surface area contributed by atoms with Gasteiger partial charge in [0.05, 0.1) is 17.0 Å². The lowest BCUT2D eigenvalue weighted by molar-refractivity contribution is -0.147. The van der Waals surface area contributed by atoms with Crippen LogP contribution in [0.1, 0.15) is 50.3 Å². The summed E-state index contributed by atoms with van der Waals surface area (Å²) in [4.78, 5) is 8.44. The molecule has 0 aromatic carbocycles. The highest BCUT2D eigenvalue weighted by molar-refractivity contribution is 7.89. The summed E-state index contributed by atoms with van der Waals surface area (Å²) in [5.74, 6) is 0. The quantitative estimate of drug-likeness (QED) is 0.564. The standard InChI is InChI=1S/C22H22F3N5O2S/c1-3-14-9-17-18(10-26)20(30(15-5-4-6-15)21(17)28-11-14)19-8-7-16(12-27-19)33(31,32)29-13(2)22(23,24)25/h7-9,11-13,15,29H,3-6H2,1-2H3/t13-/m0/s1. The van der Waals surface area contributed by atoms with Crippen LogP contribution in [0.4, 0.5) is 13.2 Å². The van der Waals surface area contributed by atoms with E-state index in [0.717, 1.165) is 44.4 Å². The second kappa shape index (κ2) is 8.43. The van der Waals surface area contributed by atoms with Crippen LogP contribution >= 0.6 is 0 Å². The van der Waals surface area contributed by atoms with Crippen LogP contribution in [0, 0.1) is 11.3 Å². The smallest absolute Gasteiger partial charge is 0.320 e. The van der Waals surface area contributed by atoms with Crippen LogP contribution in [-0.2, 0) is 16.4 Å². The van der Waals surface area contributed by atoms with Crippen molar-refractivity contribution in [2.75, 3.05) is 0 Å². The van der Waals surface area contributed by atoms with E-state index in [1.807, 2.05) is 17.6 Å². The lowest BCUT2D eigenvalue weighted by Gasteiger charge is -2.29. The fraction of sp³-hybridized carbons (Fsp3) is 0.409. The fourth-order valence-corrected chi connectivity index (χ4v) is 5.01. The van der Waals surface area contributed by atoms with Crippen LogP contribution in [0.2, 0.25) is 0 Å². The van der Waals surface area contributed by atoms with Crippen molar-refractivity contribution < 1.29 is 21.6 Å². The first kappa shape index (κ1) is 23.2. The maximum atomic E-state index is 12.8. The van der Waals surface area contributed by atoms with Gasteiger partial charge in [0, 0.05) is 23.8 Å². The number of aromatic nitrogens is 3. The predicted octanol–water partition coefficient (Wildman–Crippen LogP) is 4.49. The van der Waals surface area contributed by atoms with Crippen molar-refractivity contribution in [2.24, 2.45) is 0 Å². The van der Waals surface area contributed by atoms with Gasteiger partial charge in [-0.05, 0) is 56.4 Å². The van der Waals surface area contributed by atoms with Gasteiger partial charge in [0.15, 0.2) is 0 Å². The zero-order chi connectivity index (χ0) is 24.0. The summed E-state index contributed by atoms with van der Waals surface area (Å²) < 4.78 is 66.8. The Morgan fingerprint density at radius 1 is 1.27 bits per heavy atom. The van der Waals surface area contributed by atoms with Crippen LogP contribution in [0.3, 0.4) is 0 Å². The summed E-state index contributed by atoms with van der Waals surface area (Å²) in [7, 11) is -4.43. The van der Waals surface area contributed by atoms with E-state index < -0.39 is 27.1 Å². The molecule has 174 valence electrons. The van der Waals surface area contributed by atoms with E-state index in [1.165, 1.54) is 12.1 Å². The van der Waals surface area contributed by atoms with Crippen molar-refractivity contribution >= 4 is 21.1 Å². The predicted molar refractivity (Wildman–Crippen MR) is 116 cm³/mol. The summed E-state index contributed by atoms with van der Waals surface area (Å²) in [6, 6.07) is 4.69. The Labute approximate surface area is 189 Å². The number of alkyl halides is 3. The Hall–Kier alpha value is -2.97. The number of nitrogens with zero attached hydrogens (tertiary/aromatic N) is 4. The van der Waals surface area contributed by atoms with Crippen LogP contribution in [0.15, 0.2) is 35.5 Å². The molecule has 0 radical (unpaired) electrons. The minimum absolute atomic E-state index is 0.143. The maximum Gasteiger partial charge on any atom is 0.404 e. The molecular weight excluding hydrogens is 455 g/mol. The maximum absolute atomic E-state index is 12.8. The number of sulfonamides is 1. The molecule has 1 aliphatic rings. The van der Waals surface area contributed by atoms with Gasteiger partial charge in [0.1, 0.15) is 22.7 Å². The number of fused-ring (bicyclic) bond motifs is 1. The van der Waals surface area contributed by atoms with Gasteiger partial charge in [-0.3, -0.25) is 4.98 Å². The van der Waals surface area contributed by atoms with E-state index >= 15 is 0 Å². The number of hydrogen-bond donors (Lipinski definition) is 1. The molecule has 33 heavy (non-hydrogen) atoms. The number of halogens is 3. The first-order chi connectivity index (χ1) is 15.6. The summed E-state index contributed by atoms with van der Waals surface area (Å²) in [5.41, 5.74) is 2.95. The third-order valence-electron chi connectivity index (χ3n) is 5.97. The second-order valence-electron chi connectivity index (χ2n) is 8.12. The normalized spacial score (nSPS) is 15.9. The zero-order valence-electron chi connectivity index (χ0n) is 18.0. The van der Waals surface area contributed by atoms with Crippen LogP contribution < -0.4 is 4.72 Å². The van der Waals surface area contributed by atoms with Gasteiger partial charge in [0.25, 0.3) is 0 Å². The summed E-state index contributed by atoms with van der Waals surface area (Å²) in [6.07, 6.45) is 1.72. The zero-order valence-corrected chi connectivity index (χ0v) is 18.8. The van der Waals surface area contributed by atoms with Gasteiger partial charge < -0.3 is 4.57 Å². The van der Waals surface area contributed by atoms with Gasteiger partial charge in [0.2, 0.25) is 10.0 Å². The van der Waals surface area contributed by atoms with Crippen molar-refractivity contribution in [3.63, 3.8) is 0 Å². The highest BCUT2D eigenvalue weighted by Gasteiger charge is 2.39. The van der Waals surface area contributed by atoms with Crippen LogP contribution in [0.25, 0.3) is 22.4 Å². The summed E-state index contributed by atoms with van der Waals surface area (Å²) >= 11 is 0. The number of pyridine rings is 2. The molecule has 4 rings (SSSR count). The molecule has 3 aromatic heterocycles. The third kappa shape index (κ3) is 4.20.